The van der Waals surface area contributed by atoms with Gasteiger partial charge in [-0.15, -0.1) is 0 Å². The first-order valence-corrected chi connectivity index (χ1v) is 13.6. The van der Waals surface area contributed by atoms with Crippen LogP contribution >= 0.6 is 15.9 Å². The third kappa shape index (κ3) is 3.56. The van der Waals surface area contributed by atoms with Crippen LogP contribution in [0.5, 0.6) is 0 Å². The molecule has 0 unspecified atom stereocenters. The Kier molecular flexibility index (Phi) is 5.14. The number of rotatable bonds is 3. The fourth-order valence-electron chi connectivity index (χ4n) is 6.36. The van der Waals surface area contributed by atoms with Crippen LogP contribution in [-0.2, 0) is 25.7 Å². The molecule has 0 N–H and O–H groups in total. The summed E-state index contributed by atoms with van der Waals surface area (Å²) in [5, 5.41) is 3.12. The smallest absolute Gasteiger partial charge is 0.0216 e. The number of halogens is 1. The van der Waals surface area contributed by atoms with E-state index >= 15 is 0 Å². The van der Waals surface area contributed by atoms with Crippen molar-refractivity contribution < 1.29 is 0 Å². The molecule has 1 heteroatoms. The van der Waals surface area contributed by atoms with Gasteiger partial charge in [-0.3, -0.25) is 0 Å². The second-order valence-corrected chi connectivity index (χ2v) is 10.9. The third-order valence-electron chi connectivity index (χ3n) is 7.93. The van der Waals surface area contributed by atoms with E-state index in [2.05, 4.69) is 107 Å². The highest BCUT2D eigenvalue weighted by atomic mass is 79.9. The third-order valence-corrected chi connectivity index (χ3v) is 8.64. The topological polar surface area (TPSA) is 0 Å². The standard InChI is InChI=1S/C34H27Br/c35-32-21-25-14-7-15-29-31(20-24-13-8-16-30(32)34(24)33(25)29)28-18-26(22-9-3-1-4-10-22)17-27(19-28)23-11-5-2-6-12-23/h1-6,9-12,17-21H,7-8,13-16H2. The summed E-state index contributed by atoms with van der Waals surface area (Å²) in [5.74, 6) is 0. The van der Waals surface area contributed by atoms with Crippen molar-refractivity contribution in [2.24, 2.45) is 0 Å². The lowest BCUT2D eigenvalue weighted by molar-refractivity contribution is 0.785. The summed E-state index contributed by atoms with van der Waals surface area (Å²) < 4.78 is 1.32. The Morgan fingerprint density at radius 2 is 0.971 bits per heavy atom. The van der Waals surface area contributed by atoms with E-state index in [4.69, 9.17) is 0 Å². The van der Waals surface area contributed by atoms with Crippen molar-refractivity contribution in [3.63, 3.8) is 0 Å². The summed E-state index contributed by atoms with van der Waals surface area (Å²) in [7, 11) is 0. The quantitative estimate of drug-likeness (QED) is 0.224. The molecule has 170 valence electrons. The highest BCUT2D eigenvalue weighted by Crippen LogP contribution is 2.45. The number of hydrogen-bond donors (Lipinski definition) is 0. The molecule has 5 aromatic rings. The van der Waals surface area contributed by atoms with Crippen LogP contribution in [0, 0.1) is 0 Å². The zero-order valence-corrected chi connectivity index (χ0v) is 21.4. The van der Waals surface area contributed by atoms with E-state index in [1.165, 1.54) is 86.6 Å². The van der Waals surface area contributed by atoms with Crippen LogP contribution in [0.15, 0.2) is 95.5 Å². The Morgan fingerprint density at radius 3 is 1.60 bits per heavy atom. The fourth-order valence-corrected chi connectivity index (χ4v) is 7.03. The molecule has 0 saturated carbocycles. The zero-order chi connectivity index (χ0) is 23.4. The highest BCUT2D eigenvalue weighted by molar-refractivity contribution is 9.10. The molecule has 0 saturated heterocycles. The number of hydrogen-bond acceptors (Lipinski definition) is 0. The molecular formula is C34H27Br. The average Bonchev–Trinajstić information content (AvgIpc) is 2.93. The average molecular weight is 515 g/mol. The Bertz CT molecular complexity index is 1520. The van der Waals surface area contributed by atoms with E-state index < -0.39 is 0 Å². The van der Waals surface area contributed by atoms with E-state index in [9.17, 15) is 0 Å². The zero-order valence-electron chi connectivity index (χ0n) is 19.8. The minimum absolute atomic E-state index is 1.16. The fraction of sp³-hybridized carbons (Fsp3) is 0.176. The molecule has 0 nitrogen and oxygen atoms in total. The second-order valence-electron chi connectivity index (χ2n) is 10.0. The maximum atomic E-state index is 3.92. The van der Waals surface area contributed by atoms with Crippen LogP contribution in [0.3, 0.4) is 0 Å². The molecule has 2 aliphatic carbocycles. The Labute approximate surface area is 215 Å². The van der Waals surface area contributed by atoms with Crippen LogP contribution < -0.4 is 0 Å². The molecule has 0 spiro atoms. The minimum Gasteiger partial charge on any atom is -0.0622 e. The van der Waals surface area contributed by atoms with Gasteiger partial charge in [-0.25, -0.2) is 0 Å². The first-order chi connectivity index (χ1) is 17.3. The van der Waals surface area contributed by atoms with Crippen LogP contribution in [0.2, 0.25) is 0 Å². The van der Waals surface area contributed by atoms with Crippen molar-refractivity contribution in [1.29, 1.82) is 0 Å². The molecule has 0 aliphatic heterocycles. The largest absolute Gasteiger partial charge is 0.0622 e. The van der Waals surface area contributed by atoms with E-state index in [1.807, 2.05) is 0 Å². The van der Waals surface area contributed by atoms with Crippen molar-refractivity contribution >= 4 is 26.7 Å². The maximum Gasteiger partial charge on any atom is 0.0216 e. The Hall–Kier alpha value is -3.16. The molecule has 35 heavy (non-hydrogen) atoms. The van der Waals surface area contributed by atoms with Gasteiger partial charge in [0.2, 0.25) is 0 Å². The Balaban J connectivity index is 1.53. The molecule has 0 radical (unpaired) electrons. The molecule has 5 aromatic carbocycles. The van der Waals surface area contributed by atoms with Crippen LogP contribution in [0.25, 0.3) is 44.2 Å². The summed E-state index contributed by atoms with van der Waals surface area (Å²) in [4.78, 5) is 0. The molecule has 0 aromatic heterocycles. The lowest BCUT2D eigenvalue weighted by Crippen LogP contribution is -2.11. The number of benzene rings is 5. The lowest BCUT2D eigenvalue weighted by Gasteiger charge is -2.28. The van der Waals surface area contributed by atoms with Gasteiger partial charge in [0.15, 0.2) is 0 Å². The number of aryl methyl sites for hydroxylation is 4. The van der Waals surface area contributed by atoms with Crippen molar-refractivity contribution in [1.82, 2.24) is 0 Å². The maximum absolute atomic E-state index is 3.92. The van der Waals surface area contributed by atoms with Gasteiger partial charge in [0, 0.05) is 4.47 Å². The molecule has 0 heterocycles. The van der Waals surface area contributed by atoms with E-state index in [-0.39, 0.29) is 0 Å². The van der Waals surface area contributed by atoms with Crippen LogP contribution in [0.1, 0.15) is 35.1 Å². The van der Waals surface area contributed by atoms with E-state index in [0.717, 1.165) is 6.42 Å². The summed E-state index contributed by atoms with van der Waals surface area (Å²) in [6.07, 6.45) is 7.17. The monoisotopic (exact) mass is 514 g/mol. The summed E-state index contributed by atoms with van der Waals surface area (Å²) in [5.41, 5.74) is 14.1. The highest BCUT2D eigenvalue weighted by Gasteiger charge is 2.25. The molecule has 0 atom stereocenters. The van der Waals surface area contributed by atoms with Gasteiger partial charge in [-0.05, 0) is 129 Å². The van der Waals surface area contributed by atoms with Crippen LogP contribution in [-0.4, -0.2) is 0 Å². The Morgan fingerprint density at radius 1 is 0.457 bits per heavy atom. The van der Waals surface area contributed by atoms with Gasteiger partial charge in [-0.2, -0.15) is 0 Å². The molecule has 2 aliphatic rings. The molecule has 0 fully saturated rings. The second kappa shape index (κ2) is 8.50. The normalized spacial score (nSPS) is 14.3. The minimum atomic E-state index is 1.16. The molecular weight excluding hydrogens is 488 g/mol. The van der Waals surface area contributed by atoms with Gasteiger partial charge in [0.1, 0.15) is 0 Å². The van der Waals surface area contributed by atoms with E-state index in [0.29, 0.717) is 0 Å². The van der Waals surface area contributed by atoms with Gasteiger partial charge >= 0.3 is 0 Å². The summed E-state index contributed by atoms with van der Waals surface area (Å²) in [6.45, 7) is 0. The van der Waals surface area contributed by atoms with Crippen molar-refractivity contribution in [3.8, 4) is 33.4 Å². The molecule has 0 amide bonds. The summed E-state index contributed by atoms with van der Waals surface area (Å²) in [6, 6.07) is 33.8. The van der Waals surface area contributed by atoms with Gasteiger partial charge < -0.3 is 0 Å². The van der Waals surface area contributed by atoms with Crippen molar-refractivity contribution in [2.75, 3.05) is 0 Å². The van der Waals surface area contributed by atoms with E-state index in [1.54, 1.807) is 16.3 Å². The first-order valence-electron chi connectivity index (χ1n) is 12.8. The lowest BCUT2D eigenvalue weighted by atomic mass is 9.77. The van der Waals surface area contributed by atoms with Crippen molar-refractivity contribution in [2.45, 2.75) is 38.5 Å². The van der Waals surface area contributed by atoms with Gasteiger partial charge in [-0.1, -0.05) is 82.7 Å². The molecule has 7 rings (SSSR count). The van der Waals surface area contributed by atoms with Gasteiger partial charge in [0.05, 0.1) is 0 Å². The first kappa shape index (κ1) is 21.1. The SMILES string of the molecule is Brc1cc2c3c(c(-c4cc(-c5ccccc5)cc(-c5ccccc5)c4)cc4c3c1CCC4)CCC2. The van der Waals surface area contributed by atoms with Gasteiger partial charge in [0.25, 0.3) is 0 Å². The summed E-state index contributed by atoms with van der Waals surface area (Å²) >= 11 is 3.92. The van der Waals surface area contributed by atoms with Crippen LogP contribution in [0.4, 0.5) is 0 Å². The predicted octanol–water partition coefficient (Wildman–Crippen LogP) is 9.58. The molecule has 0 bridgehead atoms. The predicted molar refractivity (Wildman–Crippen MR) is 152 cm³/mol. The van der Waals surface area contributed by atoms with Crippen molar-refractivity contribution in [3.05, 3.63) is 118 Å².